The number of likely N-dealkylation sites (tertiary alicyclic amines) is 2. The minimum absolute atomic E-state index is 0. The lowest BCUT2D eigenvalue weighted by Gasteiger charge is -2.41. The number of piperazine rings is 1. The summed E-state index contributed by atoms with van der Waals surface area (Å²) in [6.07, 6.45) is 5.21. The van der Waals surface area contributed by atoms with Crippen LogP contribution in [0.4, 0.5) is 0 Å². The van der Waals surface area contributed by atoms with Gasteiger partial charge in [0.15, 0.2) is 0 Å². The third kappa shape index (κ3) is 3.89. The van der Waals surface area contributed by atoms with Crippen molar-refractivity contribution in [3.05, 3.63) is 0 Å². The van der Waals surface area contributed by atoms with Gasteiger partial charge in [0.1, 0.15) is 6.54 Å². The Labute approximate surface area is 171 Å². The molecule has 3 unspecified atom stereocenters. The molecule has 1 aliphatic carbocycles. The maximum atomic E-state index is 12.8. The van der Waals surface area contributed by atoms with Crippen LogP contribution in [0, 0.1) is 11.8 Å². The molecule has 3 heterocycles. The van der Waals surface area contributed by atoms with Crippen molar-refractivity contribution in [2.75, 3.05) is 39.3 Å². The summed E-state index contributed by atoms with van der Waals surface area (Å²) in [4.78, 5) is 55.0. The molecule has 4 rings (SSSR count). The molecule has 0 aromatic heterocycles. The number of carbonyl (C=O) groups is 4. The summed E-state index contributed by atoms with van der Waals surface area (Å²) in [7, 11) is 0. The highest BCUT2D eigenvalue weighted by Gasteiger charge is 2.49. The molecule has 0 radical (unpaired) electrons. The number of imide groups is 1. The molecule has 0 aromatic rings. The van der Waals surface area contributed by atoms with Gasteiger partial charge in [0.25, 0.3) is 0 Å². The maximum absolute atomic E-state index is 12.8. The summed E-state index contributed by atoms with van der Waals surface area (Å²) >= 11 is 0. The number of carbonyl (C=O) groups excluding carboxylic acids is 4. The van der Waals surface area contributed by atoms with E-state index in [0.29, 0.717) is 26.2 Å². The fourth-order valence-corrected chi connectivity index (χ4v) is 5.07. The van der Waals surface area contributed by atoms with Gasteiger partial charge in [0.05, 0.1) is 18.4 Å². The number of hydrogen-bond donors (Lipinski definition) is 1. The first-order valence-corrected chi connectivity index (χ1v) is 10.2. The third-order valence-corrected chi connectivity index (χ3v) is 6.54. The van der Waals surface area contributed by atoms with E-state index in [1.54, 1.807) is 4.90 Å². The number of piperidine rings is 1. The second-order valence-electron chi connectivity index (χ2n) is 8.16. The molecule has 1 saturated carbocycles. The molecular formula is C19H29ClN4O4. The summed E-state index contributed by atoms with van der Waals surface area (Å²) in [6, 6.07) is 0.0323. The van der Waals surface area contributed by atoms with Gasteiger partial charge in [-0.1, -0.05) is 12.8 Å². The van der Waals surface area contributed by atoms with Crippen molar-refractivity contribution in [3.8, 4) is 0 Å². The van der Waals surface area contributed by atoms with Gasteiger partial charge in [-0.05, 0) is 25.7 Å². The monoisotopic (exact) mass is 412 g/mol. The van der Waals surface area contributed by atoms with E-state index >= 15 is 0 Å². The topological polar surface area (TPSA) is 90.0 Å². The predicted octanol–water partition coefficient (Wildman–Crippen LogP) is 0.00620. The van der Waals surface area contributed by atoms with Crippen molar-refractivity contribution in [1.29, 1.82) is 0 Å². The normalized spacial score (nSPS) is 30.9. The Morgan fingerprint density at radius 3 is 2.29 bits per heavy atom. The number of rotatable bonds is 3. The van der Waals surface area contributed by atoms with Gasteiger partial charge in [-0.2, -0.15) is 0 Å². The molecule has 0 aromatic carbocycles. The Morgan fingerprint density at radius 2 is 1.64 bits per heavy atom. The molecule has 8 nitrogen and oxygen atoms in total. The number of halogens is 1. The molecule has 1 N–H and O–H groups in total. The minimum Gasteiger partial charge on any atom is -0.339 e. The Kier molecular flexibility index (Phi) is 6.60. The number of fused-ring (bicyclic) bond motifs is 1. The Bertz CT molecular complexity index is 634. The van der Waals surface area contributed by atoms with Gasteiger partial charge in [0.2, 0.25) is 23.6 Å². The average Bonchev–Trinajstić information content (AvgIpc) is 2.93. The molecule has 3 atom stereocenters. The highest BCUT2D eigenvalue weighted by Crippen LogP contribution is 2.38. The van der Waals surface area contributed by atoms with Gasteiger partial charge in [0, 0.05) is 32.2 Å². The lowest BCUT2D eigenvalue weighted by Crippen LogP contribution is -2.58. The summed E-state index contributed by atoms with van der Waals surface area (Å²) in [5.74, 6) is -0.858. The minimum atomic E-state index is -0.216. The van der Waals surface area contributed by atoms with Crippen molar-refractivity contribution in [2.45, 2.75) is 44.6 Å². The summed E-state index contributed by atoms with van der Waals surface area (Å²) in [5.41, 5.74) is 0. The fourth-order valence-electron chi connectivity index (χ4n) is 5.07. The van der Waals surface area contributed by atoms with Crippen LogP contribution in [0.3, 0.4) is 0 Å². The third-order valence-electron chi connectivity index (χ3n) is 6.54. The van der Waals surface area contributed by atoms with Gasteiger partial charge in [-0.3, -0.25) is 24.1 Å². The second kappa shape index (κ2) is 8.78. The molecule has 4 aliphatic rings. The molecule has 4 fully saturated rings. The van der Waals surface area contributed by atoms with Crippen LogP contribution in [0.2, 0.25) is 0 Å². The molecule has 156 valence electrons. The largest absolute Gasteiger partial charge is 0.339 e. The van der Waals surface area contributed by atoms with Crippen molar-refractivity contribution in [2.24, 2.45) is 11.8 Å². The smallest absolute Gasteiger partial charge is 0.242 e. The molecule has 9 heteroatoms. The molecule has 4 amide bonds. The van der Waals surface area contributed by atoms with Crippen LogP contribution < -0.4 is 5.32 Å². The first-order chi connectivity index (χ1) is 13.1. The van der Waals surface area contributed by atoms with Crippen molar-refractivity contribution < 1.29 is 19.2 Å². The first kappa shape index (κ1) is 21.0. The zero-order chi connectivity index (χ0) is 19.0. The van der Waals surface area contributed by atoms with Crippen LogP contribution in [0.25, 0.3) is 0 Å². The van der Waals surface area contributed by atoms with Crippen LogP contribution in [-0.2, 0) is 19.2 Å². The van der Waals surface area contributed by atoms with Crippen LogP contribution in [0.1, 0.15) is 38.5 Å². The van der Waals surface area contributed by atoms with E-state index in [1.165, 1.54) is 4.90 Å². The van der Waals surface area contributed by atoms with Crippen LogP contribution in [-0.4, -0.2) is 83.6 Å². The zero-order valence-electron chi connectivity index (χ0n) is 16.1. The molecule has 0 spiro atoms. The number of hydrogen-bond acceptors (Lipinski definition) is 5. The fraction of sp³-hybridized carbons (Fsp3) is 0.789. The van der Waals surface area contributed by atoms with E-state index in [9.17, 15) is 19.2 Å². The van der Waals surface area contributed by atoms with Gasteiger partial charge < -0.3 is 15.1 Å². The highest BCUT2D eigenvalue weighted by molar-refractivity contribution is 6.07. The average molecular weight is 413 g/mol. The standard InChI is InChI=1S/C19H28N4O4.ClH/c24-16-10-20-7-9-22(16)13-4-3-8-21(11-13)17(25)12-23-18(26)14-5-1-2-6-15(14)19(23)27;/h13-15,20H,1-12H2;1H. The Morgan fingerprint density at radius 1 is 0.964 bits per heavy atom. The lowest BCUT2D eigenvalue weighted by molar-refractivity contribution is -0.148. The van der Waals surface area contributed by atoms with E-state index in [2.05, 4.69) is 5.32 Å². The van der Waals surface area contributed by atoms with E-state index in [1.807, 2.05) is 4.90 Å². The van der Waals surface area contributed by atoms with E-state index in [4.69, 9.17) is 0 Å². The Balaban J connectivity index is 0.00000225. The van der Waals surface area contributed by atoms with E-state index in [-0.39, 0.29) is 60.5 Å². The molecule has 0 bridgehead atoms. The van der Waals surface area contributed by atoms with Crippen LogP contribution in [0.15, 0.2) is 0 Å². The predicted molar refractivity (Wildman–Crippen MR) is 104 cm³/mol. The van der Waals surface area contributed by atoms with Crippen LogP contribution >= 0.6 is 12.4 Å². The summed E-state index contributed by atoms with van der Waals surface area (Å²) in [5, 5.41) is 3.07. The molecular weight excluding hydrogens is 384 g/mol. The number of amides is 4. The molecule has 28 heavy (non-hydrogen) atoms. The summed E-state index contributed by atoms with van der Waals surface area (Å²) in [6.45, 7) is 2.76. The number of nitrogens with one attached hydrogen (secondary N) is 1. The summed E-state index contributed by atoms with van der Waals surface area (Å²) < 4.78 is 0. The number of nitrogens with zero attached hydrogens (tertiary/aromatic N) is 3. The van der Waals surface area contributed by atoms with Gasteiger partial charge >= 0.3 is 0 Å². The van der Waals surface area contributed by atoms with E-state index in [0.717, 1.165) is 45.1 Å². The SMILES string of the molecule is Cl.O=C(CN1C(=O)C2CCCCC2C1=O)N1CCCC(N2CCNCC2=O)C1. The van der Waals surface area contributed by atoms with Crippen molar-refractivity contribution in [3.63, 3.8) is 0 Å². The lowest BCUT2D eigenvalue weighted by atomic mass is 9.81. The van der Waals surface area contributed by atoms with Crippen molar-refractivity contribution in [1.82, 2.24) is 20.0 Å². The Hall–Kier alpha value is -1.67. The quantitative estimate of drug-likeness (QED) is 0.659. The molecule has 3 saturated heterocycles. The first-order valence-electron chi connectivity index (χ1n) is 10.2. The zero-order valence-corrected chi connectivity index (χ0v) is 16.9. The van der Waals surface area contributed by atoms with E-state index < -0.39 is 0 Å². The van der Waals surface area contributed by atoms with Crippen LogP contribution in [0.5, 0.6) is 0 Å². The highest BCUT2D eigenvalue weighted by atomic mass is 35.5. The van der Waals surface area contributed by atoms with Gasteiger partial charge in [-0.15, -0.1) is 12.4 Å². The molecule has 3 aliphatic heterocycles. The second-order valence-corrected chi connectivity index (χ2v) is 8.16. The maximum Gasteiger partial charge on any atom is 0.242 e. The van der Waals surface area contributed by atoms with Gasteiger partial charge in [-0.25, -0.2) is 0 Å². The van der Waals surface area contributed by atoms with Crippen molar-refractivity contribution >= 4 is 36.0 Å².